The minimum Gasteiger partial charge on any atom is -0.330 e. The predicted molar refractivity (Wildman–Crippen MR) is 62.9 cm³/mol. The molecule has 0 saturated carbocycles. The van der Waals surface area contributed by atoms with Crippen molar-refractivity contribution < 1.29 is 0 Å². The molecule has 0 atom stereocenters. The van der Waals surface area contributed by atoms with E-state index >= 15 is 0 Å². The highest BCUT2D eigenvalue weighted by Crippen LogP contribution is 2.22. The first kappa shape index (κ1) is 8.99. The number of halogens is 1. The Bertz CT molecular complexity index is 471. The number of rotatable bonds is 0. The van der Waals surface area contributed by atoms with E-state index in [9.17, 15) is 0 Å². The van der Waals surface area contributed by atoms with Gasteiger partial charge in [0.2, 0.25) is 0 Å². The van der Waals surface area contributed by atoms with Gasteiger partial charge in [-0.1, -0.05) is 0 Å². The summed E-state index contributed by atoms with van der Waals surface area (Å²) in [5, 5.41) is 0. The lowest BCUT2D eigenvalue weighted by Crippen LogP contribution is -1.92. The van der Waals surface area contributed by atoms with Crippen LogP contribution in [-0.4, -0.2) is 9.55 Å². The standard InChI is InChI=1S/C10H11IN2/c1-6-4-8(11)10-9(5-6)12-7(2)13(10)3/h4-5H,1-3H3. The van der Waals surface area contributed by atoms with Crippen molar-refractivity contribution in [2.24, 2.45) is 7.05 Å². The van der Waals surface area contributed by atoms with Gasteiger partial charge in [0.15, 0.2) is 0 Å². The summed E-state index contributed by atoms with van der Waals surface area (Å²) in [6.45, 7) is 4.14. The van der Waals surface area contributed by atoms with E-state index in [2.05, 4.69) is 58.2 Å². The lowest BCUT2D eigenvalue weighted by Gasteiger charge is -2.00. The lowest BCUT2D eigenvalue weighted by atomic mass is 10.2. The molecule has 1 aromatic heterocycles. The first-order valence-electron chi connectivity index (χ1n) is 4.19. The molecule has 0 N–H and O–H groups in total. The van der Waals surface area contributed by atoms with E-state index in [4.69, 9.17) is 0 Å². The van der Waals surface area contributed by atoms with Gasteiger partial charge in [-0.25, -0.2) is 4.98 Å². The molecular weight excluding hydrogens is 275 g/mol. The van der Waals surface area contributed by atoms with Crippen LogP contribution >= 0.6 is 22.6 Å². The topological polar surface area (TPSA) is 17.8 Å². The third-order valence-electron chi connectivity index (χ3n) is 2.29. The van der Waals surface area contributed by atoms with Crippen LogP contribution < -0.4 is 0 Å². The van der Waals surface area contributed by atoms with E-state index in [1.165, 1.54) is 14.7 Å². The van der Waals surface area contributed by atoms with Crippen molar-refractivity contribution in [3.05, 3.63) is 27.1 Å². The molecule has 1 aromatic carbocycles. The Hall–Kier alpha value is -0.580. The normalized spacial score (nSPS) is 11.1. The quantitative estimate of drug-likeness (QED) is 0.681. The molecular formula is C10H11IN2. The van der Waals surface area contributed by atoms with Crippen LogP contribution in [0.2, 0.25) is 0 Å². The molecule has 0 radical (unpaired) electrons. The maximum atomic E-state index is 4.49. The fraction of sp³-hybridized carbons (Fsp3) is 0.300. The Kier molecular flexibility index (Phi) is 2.06. The highest BCUT2D eigenvalue weighted by atomic mass is 127. The molecule has 0 unspecified atom stereocenters. The Morgan fingerprint density at radius 3 is 2.69 bits per heavy atom. The number of benzene rings is 1. The van der Waals surface area contributed by atoms with Gasteiger partial charge in [0, 0.05) is 10.6 Å². The van der Waals surface area contributed by atoms with Crippen LogP contribution in [0.25, 0.3) is 11.0 Å². The number of imidazole rings is 1. The van der Waals surface area contributed by atoms with Crippen LogP contribution in [0, 0.1) is 17.4 Å². The molecule has 0 bridgehead atoms. The molecule has 2 rings (SSSR count). The largest absolute Gasteiger partial charge is 0.330 e. The molecule has 0 spiro atoms. The van der Waals surface area contributed by atoms with E-state index in [1.807, 2.05) is 6.92 Å². The summed E-state index contributed by atoms with van der Waals surface area (Å²) in [7, 11) is 2.06. The summed E-state index contributed by atoms with van der Waals surface area (Å²) >= 11 is 2.36. The van der Waals surface area contributed by atoms with Crippen LogP contribution in [0.1, 0.15) is 11.4 Å². The van der Waals surface area contributed by atoms with Crippen LogP contribution in [-0.2, 0) is 7.05 Å². The zero-order chi connectivity index (χ0) is 9.59. The van der Waals surface area contributed by atoms with Crippen LogP contribution in [0.4, 0.5) is 0 Å². The third-order valence-corrected chi connectivity index (χ3v) is 3.11. The lowest BCUT2D eigenvalue weighted by molar-refractivity contribution is 0.884. The van der Waals surface area contributed by atoms with Crippen molar-refractivity contribution >= 4 is 33.6 Å². The molecule has 0 saturated heterocycles. The highest BCUT2D eigenvalue weighted by molar-refractivity contribution is 14.1. The van der Waals surface area contributed by atoms with Crippen LogP contribution in [0.15, 0.2) is 12.1 Å². The smallest absolute Gasteiger partial charge is 0.106 e. The summed E-state index contributed by atoms with van der Waals surface area (Å²) < 4.78 is 3.41. The van der Waals surface area contributed by atoms with Crippen molar-refractivity contribution in [3.63, 3.8) is 0 Å². The van der Waals surface area contributed by atoms with Gasteiger partial charge in [-0.2, -0.15) is 0 Å². The highest BCUT2D eigenvalue weighted by Gasteiger charge is 2.07. The molecule has 68 valence electrons. The van der Waals surface area contributed by atoms with E-state index in [1.54, 1.807) is 0 Å². The minimum absolute atomic E-state index is 1.07. The summed E-state index contributed by atoms with van der Waals surface area (Å²) in [6.07, 6.45) is 0. The van der Waals surface area contributed by atoms with Crippen molar-refractivity contribution in [2.75, 3.05) is 0 Å². The van der Waals surface area contributed by atoms with Gasteiger partial charge in [-0.15, -0.1) is 0 Å². The van der Waals surface area contributed by atoms with Crippen molar-refractivity contribution in [2.45, 2.75) is 13.8 Å². The van der Waals surface area contributed by atoms with E-state index < -0.39 is 0 Å². The maximum absolute atomic E-state index is 4.49. The minimum atomic E-state index is 1.07. The summed E-state index contributed by atoms with van der Waals surface area (Å²) in [4.78, 5) is 4.49. The first-order chi connectivity index (χ1) is 6.09. The summed E-state index contributed by atoms with van der Waals surface area (Å²) in [6, 6.07) is 4.31. The van der Waals surface area contributed by atoms with Crippen molar-refractivity contribution in [3.8, 4) is 0 Å². The van der Waals surface area contributed by atoms with Gasteiger partial charge in [0.1, 0.15) is 5.82 Å². The van der Waals surface area contributed by atoms with Crippen LogP contribution in [0.3, 0.4) is 0 Å². The number of hydrogen-bond donors (Lipinski definition) is 0. The van der Waals surface area contributed by atoms with E-state index in [0.717, 1.165) is 11.3 Å². The SMILES string of the molecule is Cc1cc(I)c2c(c1)nc(C)n2C. The van der Waals surface area contributed by atoms with E-state index in [-0.39, 0.29) is 0 Å². The average Bonchev–Trinajstić information content (AvgIpc) is 2.27. The van der Waals surface area contributed by atoms with Gasteiger partial charge in [-0.05, 0) is 54.1 Å². The zero-order valence-corrected chi connectivity index (χ0v) is 10.1. The van der Waals surface area contributed by atoms with Gasteiger partial charge in [0.05, 0.1) is 11.0 Å². The molecule has 0 aliphatic carbocycles. The first-order valence-corrected chi connectivity index (χ1v) is 5.26. The predicted octanol–water partition coefficient (Wildman–Crippen LogP) is 2.79. The second-order valence-electron chi connectivity index (χ2n) is 3.33. The zero-order valence-electron chi connectivity index (χ0n) is 7.93. The Balaban J connectivity index is 2.94. The van der Waals surface area contributed by atoms with Gasteiger partial charge >= 0.3 is 0 Å². The van der Waals surface area contributed by atoms with Crippen LogP contribution in [0.5, 0.6) is 0 Å². The monoisotopic (exact) mass is 286 g/mol. The van der Waals surface area contributed by atoms with E-state index in [0.29, 0.717) is 0 Å². The number of aromatic nitrogens is 2. The molecule has 0 aliphatic heterocycles. The molecule has 13 heavy (non-hydrogen) atoms. The summed E-state index contributed by atoms with van der Waals surface area (Å²) in [5.74, 6) is 1.07. The Morgan fingerprint density at radius 2 is 2.00 bits per heavy atom. The molecule has 0 amide bonds. The second kappa shape index (κ2) is 2.97. The number of nitrogens with zero attached hydrogens (tertiary/aromatic N) is 2. The Morgan fingerprint density at radius 1 is 1.31 bits per heavy atom. The van der Waals surface area contributed by atoms with Crippen molar-refractivity contribution in [1.29, 1.82) is 0 Å². The van der Waals surface area contributed by atoms with Crippen molar-refractivity contribution in [1.82, 2.24) is 9.55 Å². The molecule has 1 heterocycles. The maximum Gasteiger partial charge on any atom is 0.106 e. The van der Waals surface area contributed by atoms with Gasteiger partial charge in [0.25, 0.3) is 0 Å². The van der Waals surface area contributed by atoms with Gasteiger partial charge < -0.3 is 4.57 Å². The average molecular weight is 286 g/mol. The van der Waals surface area contributed by atoms with Gasteiger partial charge in [-0.3, -0.25) is 0 Å². The second-order valence-corrected chi connectivity index (χ2v) is 4.49. The fourth-order valence-electron chi connectivity index (χ4n) is 1.54. The molecule has 0 aliphatic rings. The fourth-order valence-corrected chi connectivity index (χ4v) is 2.67. The number of fused-ring (bicyclic) bond motifs is 1. The third kappa shape index (κ3) is 1.35. The molecule has 2 nitrogen and oxygen atoms in total. The molecule has 2 aromatic rings. The Labute approximate surface area is 91.1 Å². The molecule has 3 heteroatoms. The number of aryl methyl sites for hydroxylation is 3. The molecule has 0 fully saturated rings. The summed E-state index contributed by atoms with van der Waals surface area (Å²) in [5.41, 5.74) is 3.61. The number of hydrogen-bond acceptors (Lipinski definition) is 1.